The lowest BCUT2D eigenvalue weighted by Crippen LogP contribution is -2.43. The molecule has 0 aromatic carbocycles. The maximum absolute atomic E-state index is 11.8. The summed E-state index contributed by atoms with van der Waals surface area (Å²) in [6, 6.07) is 0.0776. The van der Waals surface area contributed by atoms with Gasteiger partial charge < -0.3 is 16.0 Å². The number of nitrogens with one attached hydrogen (secondary N) is 3. The second-order valence-corrected chi connectivity index (χ2v) is 7.60. The van der Waals surface area contributed by atoms with E-state index in [9.17, 15) is 13.2 Å². The highest BCUT2D eigenvalue weighted by atomic mass is 32.2. The molecule has 0 spiro atoms. The van der Waals surface area contributed by atoms with Gasteiger partial charge in [-0.05, 0) is 19.8 Å². The Kier molecular flexibility index (Phi) is 6.94. The molecule has 21 heavy (non-hydrogen) atoms. The molecule has 3 N–H and O–H groups in total. The fourth-order valence-corrected chi connectivity index (χ4v) is 3.71. The van der Waals surface area contributed by atoms with Gasteiger partial charge in [0.25, 0.3) is 0 Å². The van der Waals surface area contributed by atoms with Crippen LogP contribution in [-0.2, 0) is 14.6 Å². The Labute approximate surface area is 126 Å². The van der Waals surface area contributed by atoms with Crippen molar-refractivity contribution in [3.63, 3.8) is 0 Å². The molecule has 2 unspecified atom stereocenters. The second kappa shape index (κ2) is 8.21. The topological polar surface area (TPSA) is 99.7 Å². The van der Waals surface area contributed by atoms with E-state index in [0.717, 1.165) is 6.42 Å². The fourth-order valence-electron chi connectivity index (χ4n) is 2.03. The molecule has 0 saturated carbocycles. The van der Waals surface area contributed by atoms with Gasteiger partial charge in [-0.2, -0.15) is 0 Å². The van der Waals surface area contributed by atoms with Gasteiger partial charge in [0.05, 0.1) is 11.5 Å². The molecular formula is C13H26N4O3S. The molecule has 1 fully saturated rings. The van der Waals surface area contributed by atoms with Crippen LogP contribution in [0.5, 0.6) is 0 Å². The lowest BCUT2D eigenvalue weighted by Gasteiger charge is -2.16. The third-order valence-corrected chi connectivity index (χ3v) is 5.23. The van der Waals surface area contributed by atoms with E-state index in [1.165, 1.54) is 0 Å². The van der Waals surface area contributed by atoms with E-state index in [4.69, 9.17) is 0 Å². The Hall–Kier alpha value is -1.31. The fraction of sp³-hybridized carbons (Fsp3) is 0.846. The van der Waals surface area contributed by atoms with Crippen LogP contribution < -0.4 is 16.0 Å². The first-order valence-corrected chi connectivity index (χ1v) is 9.15. The quantitative estimate of drug-likeness (QED) is 0.459. The van der Waals surface area contributed by atoms with Crippen molar-refractivity contribution in [2.75, 3.05) is 25.1 Å². The SMILES string of the molecule is CCC(C)NC(=NC)NCCC(=O)NC1CCS(=O)(=O)C1. The number of aliphatic imine (C=N–C) groups is 1. The highest BCUT2D eigenvalue weighted by Crippen LogP contribution is 2.11. The van der Waals surface area contributed by atoms with Crippen LogP contribution in [0.2, 0.25) is 0 Å². The average molecular weight is 318 g/mol. The molecule has 2 atom stereocenters. The van der Waals surface area contributed by atoms with Crippen molar-refractivity contribution >= 4 is 21.7 Å². The zero-order valence-electron chi connectivity index (χ0n) is 13.0. The Morgan fingerprint density at radius 1 is 1.43 bits per heavy atom. The summed E-state index contributed by atoms with van der Waals surface area (Å²) in [5.74, 6) is 0.759. The molecule has 7 nitrogen and oxygen atoms in total. The molecule has 122 valence electrons. The van der Waals surface area contributed by atoms with Crippen LogP contribution in [0.25, 0.3) is 0 Å². The minimum Gasteiger partial charge on any atom is -0.356 e. The van der Waals surface area contributed by atoms with Crippen LogP contribution in [0.3, 0.4) is 0 Å². The first-order valence-electron chi connectivity index (χ1n) is 7.33. The van der Waals surface area contributed by atoms with Crippen molar-refractivity contribution in [3.05, 3.63) is 0 Å². The summed E-state index contributed by atoms with van der Waals surface area (Å²) in [5.41, 5.74) is 0. The average Bonchev–Trinajstić information content (AvgIpc) is 2.76. The molecule has 1 rings (SSSR count). The van der Waals surface area contributed by atoms with Gasteiger partial charge in [0, 0.05) is 32.1 Å². The summed E-state index contributed by atoms with van der Waals surface area (Å²) >= 11 is 0. The van der Waals surface area contributed by atoms with Crippen LogP contribution in [0.1, 0.15) is 33.1 Å². The Morgan fingerprint density at radius 2 is 2.14 bits per heavy atom. The molecule has 1 saturated heterocycles. The van der Waals surface area contributed by atoms with Gasteiger partial charge in [0.1, 0.15) is 0 Å². The number of guanidine groups is 1. The van der Waals surface area contributed by atoms with Gasteiger partial charge in [-0.15, -0.1) is 0 Å². The lowest BCUT2D eigenvalue weighted by atomic mass is 10.2. The number of nitrogens with zero attached hydrogens (tertiary/aromatic N) is 1. The largest absolute Gasteiger partial charge is 0.356 e. The van der Waals surface area contributed by atoms with Crippen LogP contribution in [0.4, 0.5) is 0 Å². The Balaban J connectivity index is 2.24. The van der Waals surface area contributed by atoms with Crippen molar-refractivity contribution in [1.82, 2.24) is 16.0 Å². The molecule has 0 aliphatic carbocycles. The maximum Gasteiger partial charge on any atom is 0.222 e. The van der Waals surface area contributed by atoms with Crippen LogP contribution in [0, 0.1) is 0 Å². The Bertz CT molecular complexity index is 476. The van der Waals surface area contributed by atoms with E-state index in [0.29, 0.717) is 25.0 Å². The van der Waals surface area contributed by atoms with Crippen molar-refractivity contribution in [3.8, 4) is 0 Å². The summed E-state index contributed by atoms with van der Waals surface area (Å²) in [6.07, 6.45) is 1.79. The molecule has 1 aliphatic heterocycles. The lowest BCUT2D eigenvalue weighted by molar-refractivity contribution is -0.121. The van der Waals surface area contributed by atoms with Crippen LogP contribution >= 0.6 is 0 Å². The number of carbonyl (C=O) groups is 1. The molecular weight excluding hydrogens is 292 g/mol. The number of hydrogen-bond donors (Lipinski definition) is 3. The molecule has 0 bridgehead atoms. The van der Waals surface area contributed by atoms with Crippen molar-refractivity contribution in [2.45, 2.75) is 45.2 Å². The van der Waals surface area contributed by atoms with E-state index >= 15 is 0 Å². The minimum atomic E-state index is -2.95. The first kappa shape index (κ1) is 17.7. The predicted octanol–water partition coefficient (Wildman–Crippen LogP) is -0.357. The van der Waals surface area contributed by atoms with Gasteiger partial charge in [-0.1, -0.05) is 6.92 Å². The summed E-state index contributed by atoms with van der Waals surface area (Å²) in [5, 5.41) is 9.03. The molecule has 8 heteroatoms. The zero-order chi connectivity index (χ0) is 15.9. The van der Waals surface area contributed by atoms with Crippen molar-refractivity contribution in [1.29, 1.82) is 0 Å². The monoisotopic (exact) mass is 318 g/mol. The van der Waals surface area contributed by atoms with Crippen LogP contribution in [-0.4, -0.2) is 57.5 Å². The summed E-state index contributed by atoms with van der Waals surface area (Å²) < 4.78 is 22.6. The molecule has 0 aromatic heterocycles. The maximum atomic E-state index is 11.8. The molecule has 1 amide bonds. The van der Waals surface area contributed by atoms with Gasteiger partial charge in [0.2, 0.25) is 5.91 Å². The van der Waals surface area contributed by atoms with Gasteiger partial charge in [-0.3, -0.25) is 9.79 Å². The third-order valence-electron chi connectivity index (χ3n) is 3.46. The van der Waals surface area contributed by atoms with Gasteiger partial charge in [-0.25, -0.2) is 8.42 Å². The Morgan fingerprint density at radius 3 is 2.67 bits per heavy atom. The normalized spacial score (nSPS) is 22.6. The number of carbonyl (C=O) groups excluding carboxylic acids is 1. The first-order chi connectivity index (χ1) is 9.86. The van der Waals surface area contributed by atoms with Gasteiger partial charge >= 0.3 is 0 Å². The van der Waals surface area contributed by atoms with Gasteiger partial charge in [0.15, 0.2) is 15.8 Å². The van der Waals surface area contributed by atoms with E-state index in [1.54, 1.807) is 7.05 Å². The highest BCUT2D eigenvalue weighted by molar-refractivity contribution is 7.91. The number of rotatable bonds is 6. The number of sulfone groups is 1. The van der Waals surface area contributed by atoms with Crippen molar-refractivity contribution in [2.24, 2.45) is 4.99 Å². The smallest absolute Gasteiger partial charge is 0.222 e. The third kappa shape index (κ3) is 6.79. The molecule has 0 aromatic rings. The molecule has 1 aliphatic rings. The van der Waals surface area contributed by atoms with Crippen LogP contribution in [0.15, 0.2) is 4.99 Å². The van der Waals surface area contributed by atoms with E-state index in [1.807, 2.05) is 0 Å². The predicted molar refractivity (Wildman–Crippen MR) is 84.1 cm³/mol. The summed E-state index contributed by atoms with van der Waals surface area (Å²) in [6.45, 7) is 4.59. The summed E-state index contributed by atoms with van der Waals surface area (Å²) in [4.78, 5) is 15.8. The standard InChI is InChI=1S/C13H26N4O3S/c1-4-10(2)16-13(14-3)15-7-5-12(18)17-11-6-8-21(19,20)9-11/h10-11H,4-9H2,1-3H3,(H,17,18)(H2,14,15,16). The second-order valence-electron chi connectivity index (χ2n) is 5.37. The highest BCUT2D eigenvalue weighted by Gasteiger charge is 2.28. The zero-order valence-corrected chi connectivity index (χ0v) is 13.8. The minimum absolute atomic E-state index is 0.0589. The number of amides is 1. The molecule has 0 radical (unpaired) electrons. The molecule has 1 heterocycles. The number of hydrogen-bond acceptors (Lipinski definition) is 4. The van der Waals surface area contributed by atoms with Crippen molar-refractivity contribution < 1.29 is 13.2 Å². The van der Waals surface area contributed by atoms with E-state index < -0.39 is 9.84 Å². The van der Waals surface area contributed by atoms with E-state index in [-0.39, 0.29) is 29.9 Å². The summed E-state index contributed by atoms with van der Waals surface area (Å²) in [7, 11) is -1.27. The van der Waals surface area contributed by atoms with E-state index in [2.05, 4.69) is 34.8 Å².